The van der Waals surface area contributed by atoms with Crippen molar-refractivity contribution in [3.05, 3.63) is 29.1 Å². The number of thiophene rings is 1. The number of carbonyl (C=O) groups is 2. The molecule has 0 bridgehead atoms. The molecule has 0 aliphatic carbocycles. The second kappa shape index (κ2) is 5.61. The number of fused-ring (bicyclic) bond motifs is 1. The van der Waals surface area contributed by atoms with Gasteiger partial charge in [-0.3, -0.25) is 0 Å². The van der Waals surface area contributed by atoms with Crippen LogP contribution in [0.4, 0.5) is 10.5 Å². The van der Waals surface area contributed by atoms with Gasteiger partial charge in [0.1, 0.15) is 10.5 Å². The summed E-state index contributed by atoms with van der Waals surface area (Å²) in [6.45, 7) is 8.93. The number of carboxylic acids is 1. The second-order valence-corrected chi connectivity index (χ2v) is 9.41. The van der Waals surface area contributed by atoms with Gasteiger partial charge in [-0.1, -0.05) is 6.07 Å². The van der Waals surface area contributed by atoms with Gasteiger partial charge in [-0.25, -0.2) is 9.59 Å². The molecule has 1 aromatic heterocycles. The Bertz CT molecular complexity index is 885. The Labute approximate surface area is 156 Å². The van der Waals surface area contributed by atoms with Crippen LogP contribution in [0, 0.1) is 5.41 Å². The Morgan fingerprint density at radius 2 is 1.85 bits per heavy atom. The number of aromatic carboxylic acids is 1. The summed E-state index contributed by atoms with van der Waals surface area (Å²) < 4.78 is 6.40. The molecule has 2 aromatic rings. The molecule has 0 unspecified atom stereocenters. The van der Waals surface area contributed by atoms with Crippen LogP contribution in [0.25, 0.3) is 10.1 Å². The van der Waals surface area contributed by atoms with Crippen molar-refractivity contribution in [2.24, 2.45) is 5.41 Å². The minimum atomic E-state index is -0.882. The number of likely N-dealkylation sites (tertiary alicyclic amines) is 1. The predicted octanol–water partition coefficient (Wildman–Crippen LogP) is 3.66. The van der Waals surface area contributed by atoms with Crippen LogP contribution in [0.15, 0.2) is 24.3 Å². The largest absolute Gasteiger partial charge is 0.477 e. The van der Waals surface area contributed by atoms with Crippen LogP contribution >= 0.6 is 11.3 Å². The topological polar surface area (TPSA) is 70.1 Å². The quantitative estimate of drug-likeness (QED) is 0.869. The highest BCUT2D eigenvalue weighted by Crippen LogP contribution is 2.43. The third-order valence-corrected chi connectivity index (χ3v) is 5.92. The van der Waals surface area contributed by atoms with Crippen LogP contribution in [0.2, 0.25) is 0 Å². The van der Waals surface area contributed by atoms with Gasteiger partial charge >= 0.3 is 12.1 Å². The van der Waals surface area contributed by atoms with E-state index >= 15 is 0 Å². The normalized spacial score (nSPS) is 18.6. The number of carbonyl (C=O) groups excluding carboxylic acids is 1. The summed E-state index contributed by atoms with van der Waals surface area (Å²) in [5, 5.41) is 10.1. The Morgan fingerprint density at radius 1 is 1.15 bits per heavy atom. The minimum Gasteiger partial charge on any atom is -0.477 e. The average molecular weight is 374 g/mol. The van der Waals surface area contributed by atoms with E-state index in [1.807, 2.05) is 32.9 Å². The number of benzene rings is 1. The predicted molar refractivity (Wildman–Crippen MR) is 101 cm³/mol. The van der Waals surface area contributed by atoms with Crippen LogP contribution in [-0.2, 0) is 4.74 Å². The number of ether oxygens (including phenoxy) is 1. The molecule has 1 aromatic carbocycles. The maximum Gasteiger partial charge on any atom is 0.410 e. The van der Waals surface area contributed by atoms with Gasteiger partial charge in [-0.15, -0.1) is 11.3 Å². The van der Waals surface area contributed by atoms with Gasteiger partial charge in [0.05, 0.1) is 0 Å². The third kappa shape index (κ3) is 3.00. The summed E-state index contributed by atoms with van der Waals surface area (Å²) in [5.74, 6) is -0.882. The lowest BCUT2D eigenvalue weighted by Gasteiger charge is -2.60. The molecule has 0 saturated carbocycles. The molecule has 0 radical (unpaired) electrons. The molecule has 2 fully saturated rings. The highest BCUT2D eigenvalue weighted by Gasteiger charge is 2.54. The van der Waals surface area contributed by atoms with E-state index in [2.05, 4.69) is 11.0 Å². The molecule has 1 amide bonds. The lowest BCUT2D eigenvalue weighted by atomic mass is 9.73. The summed E-state index contributed by atoms with van der Waals surface area (Å²) in [7, 11) is 0. The van der Waals surface area contributed by atoms with Gasteiger partial charge in [0.25, 0.3) is 0 Å². The van der Waals surface area contributed by atoms with Crippen LogP contribution in [0.5, 0.6) is 0 Å². The smallest absolute Gasteiger partial charge is 0.410 e. The monoisotopic (exact) mass is 374 g/mol. The molecule has 138 valence electrons. The first-order valence-electron chi connectivity index (χ1n) is 8.64. The summed E-state index contributed by atoms with van der Waals surface area (Å²) in [5.41, 5.74) is 0.821. The number of hydrogen-bond acceptors (Lipinski definition) is 5. The standard InChI is InChI=1S/C19H22N2O4S/c1-18(2,3)25-17(24)21-10-19(11-21)8-20(9-19)13-5-4-12-6-15(16(22)23)26-14(12)7-13/h4-7H,8-11H2,1-3H3,(H,22,23). The molecule has 7 heteroatoms. The maximum atomic E-state index is 12.1. The van der Waals surface area contributed by atoms with Gasteiger partial charge in [-0.2, -0.15) is 0 Å². The number of hydrogen-bond donors (Lipinski definition) is 1. The third-order valence-electron chi connectivity index (χ3n) is 4.84. The van der Waals surface area contributed by atoms with Crippen molar-refractivity contribution in [1.82, 2.24) is 4.90 Å². The van der Waals surface area contributed by atoms with E-state index in [0.717, 1.165) is 42.0 Å². The Balaban J connectivity index is 1.37. The zero-order chi connectivity index (χ0) is 18.7. The molecular weight excluding hydrogens is 352 g/mol. The van der Waals surface area contributed by atoms with Gasteiger partial charge in [-0.05, 0) is 44.4 Å². The molecule has 1 spiro atoms. The van der Waals surface area contributed by atoms with Crippen molar-refractivity contribution in [1.29, 1.82) is 0 Å². The van der Waals surface area contributed by atoms with Crippen LogP contribution in [-0.4, -0.2) is 53.8 Å². The first-order chi connectivity index (χ1) is 12.1. The SMILES string of the molecule is CC(C)(C)OC(=O)N1CC2(C1)CN(c1ccc3cc(C(=O)O)sc3c1)C2. The van der Waals surface area contributed by atoms with Crippen molar-refractivity contribution >= 4 is 39.2 Å². The average Bonchev–Trinajstić information content (AvgIpc) is 2.85. The fourth-order valence-electron chi connectivity index (χ4n) is 3.69. The van der Waals surface area contributed by atoms with Gasteiger partial charge in [0, 0.05) is 42.0 Å². The summed E-state index contributed by atoms with van der Waals surface area (Å²) in [4.78, 5) is 27.6. The zero-order valence-corrected chi connectivity index (χ0v) is 15.9. The number of rotatable bonds is 2. The molecule has 2 aliphatic heterocycles. The van der Waals surface area contributed by atoms with Crippen LogP contribution < -0.4 is 4.90 Å². The van der Waals surface area contributed by atoms with Gasteiger partial charge in [0.2, 0.25) is 0 Å². The molecule has 2 aliphatic rings. The van der Waals surface area contributed by atoms with E-state index in [1.54, 1.807) is 11.0 Å². The van der Waals surface area contributed by atoms with E-state index in [9.17, 15) is 9.59 Å². The van der Waals surface area contributed by atoms with Crippen LogP contribution in [0.3, 0.4) is 0 Å². The molecular formula is C19H22N2O4S. The first kappa shape index (κ1) is 17.1. The molecule has 2 saturated heterocycles. The summed E-state index contributed by atoms with van der Waals surface area (Å²) >= 11 is 1.31. The van der Waals surface area contributed by atoms with Crippen molar-refractivity contribution in [3.63, 3.8) is 0 Å². The lowest BCUT2D eigenvalue weighted by molar-refractivity contribution is -0.0452. The van der Waals surface area contributed by atoms with Crippen LogP contribution in [0.1, 0.15) is 30.4 Å². The number of nitrogens with zero attached hydrogens (tertiary/aromatic N) is 2. The molecule has 6 nitrogen and oxygen atoms in total. The molecule has 4 rings (SSSR count). The molecule has 1 N–H and O–H groups in total. The Morgan fingerprint density at radius 3 is 2.46 bits per heavy atom. The minimum absolute atomic E-state index is 0.174. The van der Waals surface area contributed by atoms with Crippen molar-refractivity contribution < 1.29 is 19.4 Å². The fourth-order valence-corrected chi connectivity index (χ4v) is 4.62. The lowest BCUT2D eigenvalue weighted by Crippen LogP contribution is -2.73. The fraction of sp³-hybridized carbons (Fsp3) is 0.474. The van der Waals surface area contributed by atoms with E-state index < -0.39 is 11.6 Å². The maximum absolute atomic E-state index is 12.1. The zero-order valence-electron chi connectivity index (χ0n) is 15.1. The highest BCUT2D eigenvalue weighted by molar-refractivity contribution is 7.20. The van der Waals surface area contributed by atoms with E-state index in [4.69, 9.17) is 9.84 Å². The Hall–Kier alpha value is -2.28. The summed E-state index contributed by atoms with van der Waals surface area (Å²) in [6.07, 6.45) is -0.234. The molecule has 3 heterocycles. The number of amides is 1. The summed E-state index contributed by atoms with van der Waals surface area (Å²) in [6, 6.07) is 7.79. The molecule has 0 atom stereocenters. The first-order valence-corrected chi connectivity index (χ1v) is 9.46. The number of anilines is 1. The Kier molecular flexibility index (Phi) is 3.70. The van der Waals surface area contributed by atoms with Crippen molar-refractivity contribution in [3.8, 4) is 0 Å². The molecule has 26 heavy (non-hydrogen) atoms. The van der Waals surface area contributed by atoms with Crippen molar-refractivity contribution in [2.45, 2.75) is 26.4 Å². The van der Waals surface area contributed by atoms with Gasteiger partial charge in [0.15, 0.2) is 0 Å². The van der Waals surface area contributed by atoms with E-state index in [0.29, 0.717) is 4.88 Å². The van der Waals surface area contributed by atoms with Crippen molar-refractivity contribution in [2.75, 3.05) is 31.1 Å². The van der Waals surface area contributed by atoms with E-state index in [1.165, 1.54) is 11.3 Å². The van der Waals surface area contributed by atoms with Gasteiger partial charge < -0.3 is 19.6 Å². The highest BCUT2D eigenvalue weighted by atomic mass is 32.1. The van der Waals surface area contributed by atoms with E-state index in [-0.39, 0.29) is 11.5 Å². The number of carboxylic acid groups (broad SMARTS) is 1. The second-order valence-electron chi connectivity index (χ2n) is 8.33.